The first kappa shape index (κ1) is 18.1. The third kappa shape index (κ3) is 22.5. The van der Waals surface area contributed by atoms with Crippen LogP contribution in [0.1, 0.15) is 32.1 Å². The van der Waals surface area contributed by atoms with Gasteiger partial charge in [0.05, 0.1) is 5.78 Å². The van der Waals surface area contributed by atoms with Gasteiger partial charge in [-0.2, -0.15) is 12.8 Å². The van der Waals surface area contributed by atoms with E-state index in [4.69, 9.17) is 0 Å². The van der Waals surface area contributed by atoms with Crippen LogP contribution in [0.3, 0.4) is 0 Å². The molecular weight excluding hydrogens is 195 g/mol. The molecule has 2 heteroatoms. The van der Waals surface area contributed by atoms with Crippen molar-refractivity contribution in [3.8, 4) is 0 Å². The van der Waals surface area contributed by atoms with Gasteiger partial charge >= 0.3 is 0 Å². The fourth-order valence-electron chi connectivity index (χ4n) is 0.302. The largest absolute Gasteiger partial charge is 0.343 e. The third-order valence-corrected chi connectivity index (χ3v) is 1.06. The summed E-state index contributed by atoms with van der Waals surface area (Å²) in [5, 5.41) is 0. The van der Waals surface area contributed by atoms with Crippen molar-refractivity contribution < 1.29 is 21.3 Å². The zero-order chi connectivity index (χ0) is 9.11. The van der Waals surface area contributed by atoms with Gasteiger partial charge in [-0.15, -0.1) is 19.3 Å². The van der Waals surface area contributed by atoms with Gasteiger partial charge in [-0.25, -0.2) is 0 Å². The molecule has 0 bridgehead atoms. The van der Waals surface area contributed by atoms with Gasteiger partial charge in [-0.3, -0.25) is 0 Å². The molecule has 0 aliphatic rings. The number of rotatable bonds is 4. The van der Waals surface area contributed by atoms with Crippen LogP contribution in [0.2, 0.25) is 0 Å². The number of Topliss-reactive ketones (excluding diaryl/α,β-unsaturated/α-hetero) is 1. The molecule has 0 amide bonds. The smallest absolute Gasteiger partial charge is 0.0733 e. The van der Waals surface area contributed by atoms with Gasteiger partial charge in [-0.1, -0.05) is 0 Å². The van der Waals surface area contributed by atoms with E-state index in [0.717, 1.165) is 12.8 Å². The van der Waals surface area contributed by atoms with Crippen molar-refractivity contribution in [2.45, 2.75) is 32.1 Å². The van der Waals surface area contributed by atoms with Crippen molar-refractivity contribution in [3.05, 3.63) is 27.7 Å². The van der Waals surface area contributed by atoms with Crippen molar-refractivity contribution in [1.29, 1.82) is 0 Å². The minimum Gasteiger partial charge on any atom is -0.343 e. The molecule has 0 aromatic rings. The maximum absolute atomic E-state index is 10.1. The molecule has 0 unspecified atom stereocenters. The Kier molecular flexibility index (Phi) is 26.0. The molecule has 78 valence electrons. The molecule has 0 radical (unpaired) electrons. The molecule has 0 fully saturated rings. The van der Waals surface area contributed by atoms with Crippen LogP contribution >= 0.6 is 0 Å². The molecule has 0 saturated carbocycles. The summed E-state index contributed by atoms with van der Waals surface area (Å²) in [7, 11) is 0. The van der Waals surface area contributed by atoms with Crippen molar-refractivity contribution >= 4 is 5.78 Å². The molecule has 0 aromatic heterocycles. The summed E-state index contributed by atoms with van der Waals surface area (Å²) in [5.41, 5.74) is 0. The number of unbranched alkanes of at least 4 members (excludes halogenated alkanes) is 2. The van der Waals surface area contributed by atoms with Gasteiger partial charge in [0.25, 0.3) is 0 Å². The van der Waals surface area contributed by atoms with E-state index in [1.807, 2.05) is 0 Å². The maximum atomic E-state index is 10.1. The standard InChI is InChI=1S/C5H8O.C5H10.Ni/c1-3-5(6)4-2;1-3-5-4-2;/h1-4H2;1-5H2;/q2*-2;. The van der Waals surface area contributed by atoms with Crippen molar-refractivity contribution in [3.63, 3.8) is 0 Å². The van der Waals surface area contributed by atoms with Gasteiger partial charge in [0.2, 0.25) is 0 Å². The van der Waals surface area contributed by atoms with Crippen LogP contribution < -0.4 is 0 Å². The van der Waals surface area contributed by atoms with E-state index < -0.39 is 0 Å². The predicted octanol–water partition coefficient (Wildman–Crippen LogP) is 2.83. The predicted molar refractivity (Wildman–Crippen MR) is 49.5 cm³/mol. The van der Waals surface area contributed by atoms with Crippen LogP contribution in [0.5, 0.6) is 0 Å². The molecule has 0 aliphatic heterocycles. The van der Waals surface area contributed by atoms with Crippen molar-refractivity contribution in [2.24, 2.45) is 0 Å². The summed E-state index contributed by atoms with van der Waals surface area (Å²) in [6.07, 6.45) is 3.99. The van der Waals surface area contributed by atoms with Crippen LogP contribution in [0, 0.1) is 27.7 Å². The zero-order valence-corrected chi connectivity index (χ0v) is 8.58. The molecule has 0 N–H and O–H groups in total. The van der Waals surface area contributed by atoms with E-state index in [-0.39, 0.29) is 22.3 Å². The van der Waals surface area contributed by atoms with E-state index >= 15 is 0 Å². The fourth-order valence-corrected chi connectivity index (χ4v) is 0.302. The van der Waals surface area contributed by atoms with Gasteiger partial charge in [0.1, 0.15) is 0 Å². The first-order valence-corrected chi connectivity index (χ1v) is 3.91. The molecule has 0 rings (SSSR count). The monoisotopic (exact) mass is 212 g/mol. The van der Waals surface area contributed by atoms with E-state index in [0.29, 0.717) is 12.8 Å². The maximum Gasteiger partial charge on any atom is 0.0733 e. The molecule has 0 heterocycles. The summed E-state index contributed by atoms with van der Waals surface area (Å²) >= 11 is 0. The molecule has 12 heavy (non-hydrogen) atoms. The quantitative estimate of drug-likeness (QED) is 0.518. The Balaban J connectivity index is -0.000000126. The average molecular weight is 213 g/mol. The second-order valence-corrected chi connectivity index (χ2v) is 2.10. The number of carbonyl (C=O) groups excluding carboxylic acids is 1. The molecule has 0 saturated heterocycles. The molecule has 0 aliphatic carbocycles. The van der Waals surface area contributed by atoms with E-state index in [1.54, 1.807) is 0 Å². The van der Waals surface area contributed by atoms with Gasteiger partial charge < -0.3 is 32.5 Å². The van der Waals surface area contributed by atoms with Crippen LogP contribution in [0.15, 0.2) is 0 Å². The normalized spacial score (nSPS) is 7.67. The van der Waals surface area contributed by atoms with Gasteiger partial charge in [0.15, 0.2) is 0 Å². The summed E-state index contributed by atoms with van der Waals surface area (Å²) in [4.78, 5) is 10.1. The van der Waals surface area contributed by atoms with Crippen molar-refractivity contribution in [1.82, 2.24) is 0 Å². The third-order valence-electron chi connectivity index (χ3n) is 1.06. The molecule has 0 atom stereocenters. The minimum absolute atomic E-state index is 0. The van der Waals surface area contributed by atoms with Gasteiger partial charge in [0, 0.05) is 16.5 Å². The summed E-state index contributed by atoms with van der Waals surface area (Å²) in [6, 6.07) is 0. The van der Waals surface area contributed by atoms with E-state index in [9.17, 15) is 4.79 Å². The summed E-state index contributed by atoms with van der Waals surface area (Å²) in [5.74, 6) is 0.120. The SMILES string of the molecule is [CH2-]CC(=O)C[CH2-].[CH2-]CCC[CH2-].[Ni]. The van der Waals surface area contributed by atoms with Crippen LogP contribution in [0.4, 0.5) is 0 Å². The summed E-state index contributed by atoms with van der Waals surface area (Å²) in [6.45, 7) is 14.0. The second-order valence-electron chi connectivity index (χ2n) is 2.10. The first-order chi connectivity index (χ1) is 5.22. The first-order valence-electron chi connectivity index (χ1n) is 3.91. The van der Waals surface area contributed by atoms with Crippen LogP contribution in [-0.4, -0.2) is 5.78 Å². The molecule has 0 spiro atoms. The molecular formula is C10H18NiO-4. The minimum atomic E-state index is 0. The Labute approximate surface area is 87.2 Å². The number of carbonyl (C=O) groups is 1. The van der Waals surface area contributed by atoms with Crippen molar-refractivity contribution in [2.75, 3.05) is 0 Å². The molecule has 1 nitrogen and oxygen atoms in total. The summed E-state index contributed by atoms with van der Waals surface area (Å²) < 4.78 is 0. The fraction of sp³-hybridized carbons (Fsp3) is 0.500. The van der Waals surface area contributed by atoms with Gasteiger partial charge in [-0.05, 0) is 0 Å². The zero-order valence-electron chi connectivity index (χ0n) is 7.59. The Morgan fingerprint density at radius 3 is 1.25 bits per heavy atom. The Hall–Kier alpha value is 0.164. The topological polar surface area (TPSA) is 17.1 Å². The van der Waals surface area contributed by atoms with E-state index in [2.05, 4.69) is 27.7 Å². The number of hydrogen-bond donors (Lipinski definition) is 0. The Morgan fingerprint density at radius 1 is 0.917 bits per heavy atom. The Morgan fingerprint density at radius 2 is 1.25 bits per heavy atom. The molecule has 0 aromatic carbocycles. The second kappa shape index (κ2) is 17.3. The van der Waals surface area contributed by atoms with Crippen LogP contribution in [-0.2, 0) is 21.3 Å². The number of hydrogen-bond acceptors (Lipinski definition) is 1. The number of ketones is 1. The van der Waals surface area contributed by atoms with Crippen LogP contribution in [0.25, 0.3) is 0 Å². The van der Waals surface area contributed by atoms with E-state index in [1.165, 1.54) is 6.42 Å². The average Bonchev–Trinajstić information content (AvgIpc) is 2.06. The Bertz CT molecular complexity index is 73.9.